The van der Waals surface area contributed by atoms with Crippen LogP contribution in [0.3, 0.4) is 0 Å². The first-order valence-electron chi connectivity index (χ1n) is 4.97. The number of rotatable bonds is 1. The molecule has 1 saturated heterocycles. The molecule has 1 amide bonds. The third-order valence-corrected chi connectivity index (χ3v) is 3.22. The van der Waals surface area contributed by atoms with E-state index in [1.54, 1.807) is 0 Å². The number of nitrogens with zero attached hydrogens (tertiary/aromatic N) is 1. The van der Waals surface area contributed by atoms with E-state index in [0.717, 1.165) is 25.9 Å². The molecule has 1 aliphatic carbocycles. The van der Waals surface area contributed by atoms with Gasteiger partial charge in [0.05, 0.1) is 5.60 Å². The highest BCUT2D eigenvalue weighted by molar-refractivity contribution is 5.77. The predicted octanol–water partition coefficient (Wildman–Crippen LogP) is 0.770. The Kier molecular flexibility index (Phi) is 1.71. The molecular weight excluding hydrogens is 166 g/mol. The zero-order chi connectivity index (χ0) is 9.69. The minimum Gasteiger partial charge on any atom is -0.390 e. The Labute approximate surface area is 78.7 Å². The van der Waals surface area contributed by atoms with Crippen molar-refractivity contribution in [3.05, 3.63) is 0 Å². The summed E-state index contributed by atoms with van der Waals surface area (Å²) < 4.78 is 0. The summed E-state index contributed by atoms with van der Waals surface area (Å²) in [5.41, 5.74) is -0.171. The maximum Gasteiger partial charge on any atom is 0.222 e. The molecule has 1 N–H and O–H groups in total. The number of aliphatic hydroxyl groups is 1. The summed E-state index contributed by atoms with van der Waals surface area (Å²) in [5.74, 6) is 0.247. The molecule has 1 aliphatic heterocycles. The van der Waals surface area contributed by atoms with Gasteiger partial charge in [0.15, 0.2) is 0 Å². The molecular formula is C10H17NO2. The second-order valence-corrected chi connectivity index (χ2v) is 4.95. The van der Waals surface area contributed by atoms with Crippen LogP contribution in [0.4, 0.5) is 0 Å². The van der Waals surface area contributed by atoms with Crippen LogP contribution in [0, 0.1) is 5.41 Å². The zero-order valence-corrected chi connectivity index (χ0v) is 8.34. The summed E-state index contributed by atoms with van der Waals surface area (Å²) in [5, 5.41) is 9.59. The molecule has 1 saturated carbocycles. The van der Waals surface area contributed by atoms with Gasteiger partial charge in [-0.3, -0.25) is 4.79 Å². The third kappa shape index (κ3) is 1.35. The fourth-order valence-electron chi connectivity index (χ4n) is 2.95. The number of hydrogen-bond acceptors (Lipinski definition) is 2. The quantitative estimate of drug-likeness (QED) is 0.652. The molecule has 1 heterocycles. The maximum atomic E-state index is 11.2. The average Bonchev–Trinajstić information content (AvgIpc) is 1.93. The average molecular weight is 183 g/mol. The predicted molar refractivity (Wildman–Crippen MR) is 49.2 cm³/mol. The number of carbonyl (C=O) groups is 1. The van der Waals surface area contributed by atoms with Crippen molar-refractivity contribution in [2.24, 2.45) is 5.41 Å². The molecule has 2 rings (SSSR count). The van der Waals surface area contributed by atoms with E-state index in [4.69, 9.17) is 0 Å². The van der Waals surface area contributed by atoms with Crippen LogP contribution in [0.5, 0.6) is 0 Å². The summed E-state index contributed by atoms with van der Waals surface area (Å²) in [6.45, 7) is 5.51. The van der Waals surface area contributed by atoms with Gasteiger partial charge in [0.2, 0.25) is 5.91 Å². The molecule has 1 spiro atoms. The van der Waals surface area contributed by atoms with Crippen LogP contribution in [0.2, 0.25) is 0 Å². The van der Waals surface area contributed by atoms with Crippen molar-refractivity contribution in [1.82, 2.24) is 4.90 Å². The Hall–Kier alpha value is -0.570. The monoisotopic (exact) mass is 183 g/mol. The lowest BCUT2D eigenvalue weighted by atomic mass is 9.56. The van der Waals surface area contributed by atoms with Gasteiger partial charge in [-0.25, -0.2) is 0 Å². The maximum absolute atomic E-state index is 11.2. The fourth-order valence-corrected chi connectivity index (χ4v) is 2.95. The van der Waals surface area contributed by atoms with Crippen molar-refractivity contribution in [3.8, 4) is 0 Å². The standard InChI is InChI=1S/C10H17NO2/c1-3-8(12)11-6-10(7-11)4-9(2,13)5-10/h13H,3-7H2,1-2H3. The molecule has 0 radical (unpaired) electrons. The van der Waals surface area contributed by atoms with Gasteiger partial charge in [-0.15, -0.1) is 0 Å². The first-order valence-corrected chi connectivity index (χ1v) is 4.97. The summed E-state index contributed by atoms with van der Waals surface area (Å²) >= 11 is 0. The number of carbonyl (C=O) groups excluding carboxylic acids is 1. The van der Waals surface area contributed by atoms with Gasteiger partial charge >= 0.3 is 0 Å². The highest BCUT2D eigenvalue weighted by atomic mass is 16.3. The van der Waals surface area contributed by atoms with Crippen molar-refractivity contribution in [2.45, 2.75) is 38.7 Å². The largest absolute Gasteiger partial charge is 0.390 e. The van der Waals surface area contributed by atoms with E-state index in [2.05, 4.69) is 0 Å². The molecule has 2 fully saturated rings. The van der Waals surface area contributed by atoms with Crippen molar-refractivity contribution < 1.29 is 9.90 Å². The molecule has 0 aromatic carbocycles. The Balaban J connectivity index is 1.83. The molecule has 13 heavy (non-hydrogen) atoms. The fraction of sp³-hybridized carbons (Fsp3) is 0.900. The van der Waals surface area contributed by atoms with Gasteiger partial charge in [0.25, 0.3) is 0 Å². The van der Waals surface area contributed by atoms with Crippen molar-refractivity contribution in [3.63, 3.8) is 0 Å². The van der Waals surface area contributed by atoms with Crippen LogP contribution in [-0.4, -0.2) is 34.6 Å². The second-order valence-electron chi connectivity index (χ2n) is 4.95. The summed E-state index contributed by atoms with van der Waals surface area (Å²) in [7, 11) is 0. The van der Waals surface area contributed by atoms with E-state index in [1.807, 2.05) is 18.7 Å². The highest BCUT2D eigenvalue weighted by Gasteiger charge is 2.57. The van der Waals surface area contributed by atoms with E-state index in [1.165, 1.54) is 0 Å². The summed E-state index contributed by atoms with van der Waals surface area (Å²) in [4.78, 5) is 13.1. The molecule has 3 heteroatoms. The first-order chi connectivity index (χ1) is 5.96. The molecule has 0 aromatic heterocycles. The summed E-state index contributed by atoms with van der Waals surface area (Å²) in [6.07, 6.45) is 2.34. The Bertz CT molecular complexity index is 231. The van der Waals surface area contributed by atoms with Crippen LogP contribution in [0.1, 0.15) is 33.1 Å². The van der Waals surface area contributed by atoms with Crippen LogP contribution >= 0.6 is 0 Å². The van der Waals surface area contributed by atoms with E-state index in [0.29, 0.717) is 6.42 Å². The Morgan fingerprint density at radius 2 is 2.00 bits per heavy atom. The lowest BCUT2D eigenvalue weighted by Crippen LogP contribution is -2.68. The van der Waals surface area contributed by atoms with Gasteiger partial charge in [0, 0.05) is 24.9 Å². The minimum absolute atomic E-state index is 0.247. The first kappa shape index (κ1) is 9.00. The SMILES string of the molecule is CCC(=O)N1CC2(C1)CC(C)(O)C2. The number of hydrogen-bond donors (Lipinski definition) is 1. The topological polar surface area (TPSA) is 40.5 Å². The lowest BCUT2D eigenvalue weighted by molar-refractivity contribution is -0.188. The minimum atomic E-state index is -0.457. The van der Waals surface area contributed by atoms with E-state index in [9.17, 15) is 9.90 Å². The zero-order valence-electron chi connectivity index (χ0n) is 8.34. The molecule has 0 atom stereocenters. The molecule has 0 bridgehead atoms. The molecule has 3 nitrogen and oxygen atoms in total. The molecule has 0 aromatic rings. The van der Waals surface area contributed by atoms with Gasteiger partial charge in [0.1, 0.15) is 0 Å². The number of amides is 1. The Morgan fingerprint density at radius 3 is 2.38 bits per heavy atom. The smallest absolute Gasteiger partial charge is 0.222 e. The van der Waals surface area contributed by atoms with Crippen LogP contribution in [0.15, 0.2) is 0 Å². The van der Waals surface area contributed by atoms with Crippen molar-refractivity contribution >= 4 is 5.91 Å². The Morgan fingerprint density at radius 1 is 1.46 bits per heavy atom. The van der Waals surface area contributed by atoms with E-state index in [-0.39, 0.29) is 11.3 Å². The van der Waals surface area contributed by atoms with Gasteiger partial charge < -0.3 is 10.0 Å². The normalized spacial score (nSPS) is 28.1. The van der Waals surface area contributed by atoms with Gasteiger partial charge in [-0.05, 0) is 19.8 Å². The molecule has 74 valence electrons. The van der Waals surface area contributed by atoms with Crippen molar-refractivity contribution in [2.75, 3.05) is 13.1 Å². The van der Waals surface area contributed by atoms with Crippen molar-refractivity contribution in [1.29, 1.82) is 0 Å². The molecule has 2 aliphatic rings. The van der Waals surface area contributed by atoms with E-state index >= 15 is 0 Å². The van der Waals surface area contributed by atoms with Gasteiger partial charge in [-0.2, -0.15) is 0 Å². The van der Waals surface area contributed by atoms with Gasteiger partial charge in [-0.1, -0.05) is 6.92 Å². The van der Waals surface area contributed by atoms with Crippen LogP contribution in [0.25, 0.3) is 0 Å². The second kappa shape index (κ2) is 2.47. The highest BCUT2D eigenvalue weighted by Crippen LogP contribution is 2.53. The van der Waals surface area contributed by atoms with Crippen LogP contribution < -0.4 is 0 Å². The number of likely N-dealkylation sites (tertiary alicyclic amines) is 1. The molecule has 0 unspecified atom stereocenters. The lowest BCUT2D eigenvalue weighted by Gasteiger charge is -2.61. The third-order valence-electron chi connectivity index (χ3n) is 3.22. The summed E-state index contributed by atoms with van der Waals surface area (Å²) in [6, 6.07) is 0. The van der Waals surface area contributed by atoms with Crippen LogP contribution in [-0.2, 0) is 4.79 Å². The van der Waals surface area contributed by atoms with E-state index < -0.39 is 5.60 Å².